The number of carbonyl (C=O) groups is 1. The average Bonchev–Trinajstić information content (AvgIpc) is 2.76. The largest absolute Gasteiger partial charge is 0.495 e. The highest BCUT2D eigenvalue weighted by molar-refractivity contribution is 7.89. The van der Waals surface area contributed by atoms with E-state index in [4.69, 9.17) is 16.3 Å². The zero-order valence-corrected chi connectivity index (χ0v) is 19.9. The number of piperidine rings is 1. The third kappa shape index (κ3) is 5.22. The quantitative estimate of drug-likeness (QED) is 0.664. The van der Waals surface area contributed by atoms with Crippen LogP contribution in [0.3, 0.4) is 0 Å². The zero-order chi connectivity index (χ0) is 22.8. The van der Waals surface area contributed by atoms with Crippen LogP contribution in [0.2, 0.25) is 5.02 Å². The molecule has 0 saturated carbocycles. The minimum atomic E-state index is -3.57. The molecule has 1 amide bonds. The molecule has 168 valence electrons. The van der Waals surface area contributed by atoms with E-state index in [-0.39, 0.29) is 11.8 Å². The lowest BCUT2D eigenvalue weighted by molar-refractivity contribution is -0.120. The van der Waals surface area contributed by atoms with E-state index < -0.39 is 10.0 Å². The van der Waals surface area contributed by atoms with Gasteiger partial charge in [0.05, 0.1) is 17.7 Å². The average molecular weight is 465 g/mol. The lowest BCUT2D eigenvalue weighted by Gasteiger charge is -2.30. The van der Waals surface area contributed by atoms with Crippen molar-refractivity contribution in [2.24, 2.45) is 5.92 Å². The van der Waals surface area contributed by atoms with Crippen molar-refractivity contribution in [3.63, 3.8) is 0 Å². The maximum Gasteiger partial charge on any atom is 0.243 e. The van der Waals surface area contributed by atoms with Crippen LogP contribution in [0.25, 0.3) is 0 Å². The Balaban J connectivity index is 1.65. The van der Waals surface area contributed by atoms with Gasteiger partial charge in [-0.05, 0) is 55.0 Å². The van der Waals surface area contributed by atoms with Crippen LogP contribution in [0.1, 0.15) is 43.7 Å². The van der Waals surface area contributed by atoms with Crippen molar-refractivity contribution in [3.8, 4) is 5.75 Å². The van der Waals surface area contributed by atoms with Crippen LogP contribution in [-0.2, 0) is 14.8 Å². The number of aryl methyl sites for hydroxylation is 1. The first-order valence-corrected chi connectivity index (χ1v) is 12.2. The van der Waals surface area contributed by atoms with E-state index in [1.807, 2.05) is 19.1 Å². The maximum absolute atomic E-state index is 13.0. The molecule has 1 fully saturated rings. The highest BCUT2D eigenvalue weighted by atomic mass is 35.5. The fourth-order valence-electron chi connectivity index (χ4n) is 3.70. The van der Waals surface area contributed by atoms with Crippen molar-refractivity contribution in [2.45, 2.75) is 44.4 Å². The van der Waals surface area contributed by atoms with E-state index in [0.29, 0.717) is 53.2 Å². The van der Waals surface area contributed by atoms with Gasteiger partial charge in [0.25, 0.3) is 0 Å². The Bertz CT molecular complexity index is 1040. The summed E-state index contributed by atoms with van der Waals surface area (Å²) in [5.41, 5.74) is 2.50. The number of nitrogens with one attached hydrogen (secondary N) is 1. The highest BCUT2D eigenvalue weighted by Crippen LogP contribution is 2.32. The number of hydrogen-bond acceptors (Lipinski definition) is 4. The number of rotatable bonds is 6. The van der Waals surface area contributed by atoms with Crippen LogP contribution in [0, 0.1) is 12.8 Å². The molecule has 2 aromatic carbocycles. The monoisotopic (exact) mass is 464 g/mol. The van der Waals surface area contributed by atoms with Crippen LogP contribution >= 0.6 is 11.6 Å². The van der Waals surface area contributed by atoms with Gasteiger partial charge in [0.1, 0.15) is 5.75 Å². The van der Waals surface area contributed by atoms with Gasteiger partial charge in [-0.1, -0.05) is 37.6 Å². The van der Waals surface area contributed by atoms with Crippen LogP contribution in [-0.4, -0.2) is 38.8 Å². The van der Waals surface area contributed by atoms with Gasteiger partial charge in [-0.3, -0.25) is 4.79 Å². The molecule has 8 heteroatoms. The molecular weight excluding hydrogens is 436 g/mol. The summed E-state index contributed by atoms with van der Waals surface area (Å²) in [5.74, 6) is 0.427. The second-order valence-electron chi connectivity index (χ2n) is 8.19. The van der Waals surface area contributed by atoms with Gasteiger partial charge < -0.3 is 10.1 Å². The third-order valence-electron chi connectivity index (χ3n) is 5.75. The number of anilines is 1. The van der Waals surface area contributed by atoms with Crippen molar-refractivity contribution in [3.05, 3.63) is 52.5 Å². The van der Waals surface area contributed by atoms with Crippen molar-refractivity contribution in [1.29, 1.82) is 0 Å². The molecule has 0 atom stereocenters. The van der Waals surface area contributed by atoms with Crippen molar-refractivity contribution < 1.29 is 17.9 Å². The summed E-state index contributed by atoms with van der Waals surface area (Å²) in [4.78, 5) is 13.1. The van der Waals surface area contributed by atoms with Gasteiger partial charge in [-0.15, -0.1) is 0 Å². The number of ether oxygens (including phenoxy) is 1. The number of halogens is 1. The van der Waals surface area contributed by atoms with E-state index in [2.05, 4.69) is 19.2 Å². The Hall–Kier alpha value is -2.09. The third-order valence-corrected chi connectivity index (χ3v) is 8.07. The molecule has 1 aliphatic rings. The normalized spacial score (nSPS) is 15.8. The maximum atomic E-state index is 13.0. The molecule has 0 spiro atoms. The molecule has 0 radical (unpaired) electrons. The molecule has 3 rings (SSSR count). The number of methoxy groups -OCH3 is 1. The lowest BCUT2D eigenvalue weighted by Crippen LogP contribution is -2.41. The summed E-state index contributed by atoms with van der Waals surface area (Å²) < 4.78 is 32.8. The van der Waals surface area contributed by atoms with Gasteiger partial charge in [-0.2, -0.15) is 4.31 Å². The lowest BCUT2D eigenvalue weighted by atomic mass is 9.97. The number of nitrogens with zero attached hydrogens (tertiary/aromatic N) is 1. The molecule has 0 unspecified atom stereocenters. The van der Waals surface area contributed by atoms with Gasteiger partial charge in [0.2, 0.25) is 15.9 Å². The van der Waals surface area contributed by atoms with E-state index in [1.165, 1.54) is 11.4 Å². The minimum absolute atomic E-state index is 0.140. The highest BCUT2D eigenvalue weighted by Gasteiger charge is 2.32. The first-order valence-electron chi connectivity index (χ1n) is 10.4. The summed E-state index contributed by atoms with van der Waals surface area (Å²) in [6.07, 6.45) is 0.925. The SMILES string of the molecule is COc1cc(Cl)c(C)cc1NC(=O)C1CCN(S(=O)(=O)c2ccc(C(C)C)cc2)CC1. The molecule has 0 aromatic heterocycles. The van der Waals surface area contributed by atoms with E-state index in [1.54, 1.807) is 24.3 Å². The molecule has 31 heavy (non-hydrogen) atoms. The molecule has 1 saturated heterocycles. The standard InChI is InChI=1S/C23H29ClN2O4S/c1-15(2)17-5-7-19(8-6-17)31(28,29)26-11-9-18(10-12-26)23(27)25-21-13-16(3)20(24)14-22(21)30-4/h5-8,13-15,18H,9-12H2,1-4H3,(H,25,27). The Labute approximate surface area is 189 Å². The first kappa shape index (κ1) is 23.6. The summed E-state index contributed by atoms with van der Waals surface area (Å²) in [6.45, 7) is 6.61. The Morgan fingerprint density at radius 3 is 2.32 bits per heavy atom. The van der Waals surface area contributed by atoms with Crippen LogP contribution < -0.4 is 10.1 Å². The molecule has 1 N–H and O–H groups in total. The second kappa shape index (κ2) is 9.59. The van der Waals surface area contributed by atoms with Gasteiger partial charge in [0.15, 0.2) is 0 Å². The fourth-order valence-corrected chi connectivity index (χ4v) is 5.32. The van der Waals surface area contributed by atoms with Crippen molar-refractivity contribution >= 4 is 33.2 Å². The number of benzene rings is 2. The van der Waals surface area contributed by atoms with E-state index in [9.17, 15) is 13.2 Å². The van der Waals surface area contributed by atoms with Crippen molar-refractivity contribution in [1.82, 2.24) is 4.31 Å². The van der Waals surface area contributed by atoms with Gasteiger partial charge >= 0.3 is 0 Å². The number of hydrogen-bond donors (Lipinski definition) is 1. The fraction of sp³-hybridized carbons (Fsp3) is 0.435. The van der Waals surface area contributed by atoms with Gasteiger partial charge in [0, 0.05) is 30.1 Å². The Morgan fingerprint density at radius 1 is 1.16 bits per heavy atom. The number of amides is 1. The van der Waals surface area contributed by atoms with Gasteiger partial charge in [-0.25, -0.2) is 8.42 Å². The first-order chi connectivity index (χ1) is 14.6. The number of sulfonamides is 1. The molecular formula is C23H29ClN2O4S. The number of carbonyl (C=O) groups excluding carboxylic acids is 1. The second-order valence-corrected chi connectivity index (χ2v) is 10.5. The van der Waals surface area contributed by atoms with Crippen molar-refractivity contribution in [2.75, 3.05) is 25.5 Å². The summed E-state index contributed by atoms with van der Waals surface area (Å²) in [6, 6.07) is 10.5. The summed E-state index contributed by atoms with van der Waals surface area (Å²) in [5, 5.41) is 3.48. The topological polar surface area (TPSA) is 75.7 Å². The Morgan fingerprint density at radius 2 is 1.77 bits per heavy atom. The van der Waals surface area contributed by atoms with E-state index >= 15 is 0 Å². The van der Waals surface area contributed by atoms with E-state index in [0.717, 1.165) is 11.1 Å². The predicted molar refractivity (Wildman–Crippen MR) is 123 cm³/mol. The predicted octanol–water partition coefficient (Wildman–Crippen LogP) is 4.82. The molecule has 6 nitrogen and oxygen atoms in total. The summed E-state index contributed by atoms with van der Waals surface area (Å²) in [7, 11) is -2.05. The summed E-state index contributed by atoms with van der Waals surface area (Å²) >= 11 is 6.13. The van der Waals surface area contributed by atoms with Crippen LogP contribution in [0.15, 0.2) is 41.3 Å². The van der Waals surface area contributed by atoms with Crippen LogP contribution in [0.5, 0.6) is 5.75 Å². The van der Waals surface area contributed by atoms with Crippen LogP contribution in [0.4, 0.5) is 5.69 Å². The molecule has 0 aliphatic carbocycles. The zero-order valence-electron chi connectivity index (χ0n) is 18.3. The Kier molecular flexibility index (Phi) is 7.29. The minimum Gasteiger partial charge on any atom is -0.495 e. The molecule has 1 heterocycles. The molecule has 0 bridgehead atoms. The molecule has 2 aromatic rings. The smallest absolute Gasteiger partial charge is 0.243 e. The molecule has 1 aliphatic heterocycles.